The van der Waals surface area contributed by atoms with E-state index in [1.165, 1.54) is 0 Å². The highest BCUT2D eigenvalue weighted by atomic mass is 31.2. The number of ether oxygens (including phenoxy) is 4. The first-order valence-electron chi connectivity index (χ1n) is 6.46. The van der Waals surface area contributed by atoms with Crippen LogP contribution in [0, 0.1) is 11.6 Å². The molecule has 0 atom stereocenters. The molecule has 0 saturated carbocycles. The Morgan fingerprint density at radius 1 is 0.700 bits per heavy atom. The molecule has 0 unspecified atom stereocenters. The molecule has 20 heavy (non-hydrogen) atoms. The quantitative estimate of drug-likeness (QED) is 0.276. The third-order valence-electron chi connectivity index (χ3n) is 1.94. The van der Waals surface area contributed by atoms with Gasteiger partial charge in [0.05, 0.1) is 52.9 Å². The molecule has 0 aromatic heterocycles. The molecule has 0 rings (SSSR count). The van der Waals surface area contributed by atoms with Crippen LogP contribution in [0.4, 0.5) is 0 Å². The van der Waals surface area contributed by atoms with Crippen molar-refractivity contribution in [2.45, 2.75) is 6.92 Å². The van der Waals surface area contributed by atoms with Gasteiger partial charge in [-0.1, -0.05) is 5.92 Å². The number of methoxy groups -OCH3 is 2. The molecular formula is C13H25O6P. The van der Waals surface area contributed by atoms with E-state index in [0.29, 0.717) is 52.9 Å². The molecule has 0 fully saturated rings. The van der Waals surface area contributed by atoms with Crippen molar-refractivity contribution in [2.24, 2.45) is 0 Å². The standard InChI is InChI=1S/C13H25O6P/c1-4-13-20(18-11-9-16-7-5-14-2)19-12-10-17-8-6-15-3/h5-12H2,1-3H3. The molecule has 0 saturated heterocycles. The fraction of sp³-hybridized carbons (Fsp3) is 0.846. The lowest BCUT2D eigenvalue weighted by atomic mass is 10.7. The second-order valence-corrected chi connectivity index (χ2v) is 4.75. The minimum atomic E-state index is -1.19. The highest BCUT2D eigenvalue weighted by Gasteiger charge is 2.06. The minimum absolute atomic E-state index is 0.453. The van der Waals surface area contributed by atoms with E-state index in [1.807, 2.05) is 0 Å². The average molecular weight is 308 g/mol. The molecule has 118 valence electrons. The lowest BCUT2D eigenvalue weighted by Gasteiger charge is -2.12. The van der Waals surface area contributed by atoms with Crippen molar-refractivity contribution in [1.82, 2.24) is 0 Å². The van der Waals surface area contributed by atoms with Crippen molar-refractivity contribution in [3.63, 3.8) is 0 Å². The van der Waals surface area contributed by atoms with Crippen molar-refractivity contribution in [1.29, 1.82) is 0 Å². The lowest BCUT2D eigenvalue weighted by Crippen LogP contribution is -2.09. The van der Waals surface area contributed by atoms with Crippen LogP contribution in [0.5, 0.6) is 0 Å². The van der Waals surface area contributed by atoms with E-state index in [4.69, 9.17) is 28.0 Å². The van der Waals surface area contributed by atoms with E-state index < -0.39 is 8.38 Å². The Morgan fingerprint density at radius 3 is 1.55 bits per heavy atom. The van der Waals surface area contributed by atoms with Crippen molar-refractivity contribution < 1.29 is 28.0 Å². The van der Waals surface area contributed by atoms with Crippen molar-refractivity contribution in [3.05, 3.63) is 0 Å². The number of hydrogen-bond acceptors (Lipinski definition) is 6. The maximum Gasteiger partial charge on any atom is 0.256 e. The van der Waals surface area contributed by atoms with Gasteiger partial charge in [0, 0.05) is 14.2 Å². The summed E-state index contributed by atoms with van der Waals surface area (Å²) >= 11 is 0. The maximum atomic E-state index is 5.51. The monoisotopic (exact) mass is 308 g/mol. The van der Waals surface area contributed by atoms with Crippen molar-refractivity contribution in [3.8, 4) is 11.6 Å². The number of hydrogen-bond donors (Lipinski definition) is 0. The molecule has 0 heterocycles. The zero-order valence-electron chi connectivity index (χ0n) is 12.6. The topological polar surface area (TPSA) is 55.4 Å². The van der Waals surface area contributed by atoms with Gasteiger partial charge < -0.3 is 28.0 Å². The van der Waals surface area contributed by atoms with E-state index >= 15 is 0 Å². The normalized spacial score (nSPS) is 10.6. The van der Waals surface area contributed by atoms with Crippen LogP contribution in [-0.2, 0) is 28.0 Å². The van der Waals surface area contributed by atoms with Crippen LogP contribution in [0.3, 0.4) is 0 Å². The third kappa shape index (κ3) is 14.2. The molecule has 0 radical (unpaired) electrons. The summed E-state index contributed by atoms with van der Waals surface area (Å²) in [6, 6.07) is 0. The van der Waals surface area contributed by atoms with E-state index in [9.17, 15) is 0 Å². The number of rotatable bonds is 14. The summed E-state index contributed by atoms with van der Waals surface area (Å²) in [5, 5.41) is 0. The first-order valence-corrected chi connectivity index (χ1v) is 7.64. The first-order chi connectivity index (χ1) is 9.85. The molecular weight excluding hydrogens is 283 g/mol. The molecule has 7 heteroatoms. The molecule has 0 aliphatic carbocycles. The molecule has 0 bridgehead atoms. The van der Waals surface area contributed by atoms with E-state index in [1.54, 1.807) is 21.1 Å². The van der Waals surface area contributed by atoms with Crippen LogP contribution >= 0.6 is 8.38 Å². The minimum Gasteiger partial charge on any atom is -0.382 e. The van der Waals surface area contributed by atoms with Gasteiger partial charge in [0.1, 0.15) is 0 Å². The van der Waals surface area contributed by atoms with E-state index in [2.05, 4.69) is 11.6 Å². The predicted molar refractivity (Wildman–Crippen MR) is 77.7 cm³/mol. The zero-order valence-corrected chi connectivity index (χ0v) is 13.4. The van der Waals surface area contributed by atoms with Crippen LogP contribution in [0.15, 0.2) is 0 Å². The van der Waals surface area contributed by atoms with Gasteiger partial charge in [0.15, 0.2) is 0 Å². The molecule has 0 N–H and O–H groups in total. The summed E-state index contributed by atoms with van der Waals surface area (Å²) in [4.78, 5) is 0. The Morgan fingerprint density at radius 2 is 1.15 bits per heavy atom. The second-order valence-electron chi connectivity index (χ2n) is 3.50. The highest BCUT2D eigenvalue weighted by molar-refractivity contribution is 7.52. The highest BCUT2D eigenvalue weighted by Crippen LogP contribution is 2.36. The van der Waals surface area contributed by atoms with Gasteiger partial charge in [-0.2, -0.15) is 0 Å². The van der Waals surface area contributed by atoms with Gasteiger partial charge in [-0.3, -0.25) is 0 Å². The molecule has 0 aliphatic heterocycles. The van der Waals surface area contributed by atoms with Gasteiger partial charge in [0.25, 0.3) is 8.38 Å². The predicted octanol–water partition coefficient (Wildman–Crippen LogP) is 1.64. The van der Waals surface area contributed by atoms with Gasteiger partial charge >= 0.3 is 0 Å². The molecule has 0 aromatic carbocycles. The first kappa shape index (κ1) is 19.8. The fourth-order valence-corrected chi connectivity index (χ4v) is 1.91. The van der Waals surface area contributed by atoms with Crippen LogP contribution in [0.2, 0.25) is 0 Å². The van der Waals surface area contributed by atoms with Gasteiger partial charge in [0.2, 0.25) is 0 Å². The Kier molecular flexibility index (Phi) is 16.6. The largest absolute Gasteiger partial charge is 0.382 e. The van der Waals surface area contributed by atoms with Gasteiger partial charge in [-0.25, -0.2) is 0 Å². The Balaban J connectivity index is 3.52. The molecule has 0 spiro atoms. The summed E-state index contributed by atoms with van der Waals surface area (Å²) < 4.78 is 31.3. The summed E-state index contributed by atoms with van der Waals surface area (Å²) in [6.45, 7) is 5.95. The molecule has 0 aromatic rings. The summed E-state index contributed by atoms with van der Waals surface area (Å²) in [5.41, 5.74) is 2.90. The third-order valence-corrected chi connectivity index (χ3v) is 3.18. The van der Waals surface area contributed by atoms with Crippen LogP contribution < -0.4 is 0 Å². The second kappa shape index (κ2) is 16.8. The van der Waals surface area contributed by atoms with E-state index in [-0.39, 0.29) is 0 Å². The smallest absolute Gasteiger partial charge is 0.256 e. The summed E-state index contributed by atoms with van der Waals surface area (Å²) in [6.07, 6.45) is 0. The zero-order chi connectivity index (χ0) is 14.9. The van der Waals surface area contributed by atoms with Crippen LogP contribution in [-0.4, -0.2) is 67.1 Å². The Labute approximate surface area is 122 Å². The van der Waals surface area contributed by atoms with E-state index in [0.717, 1.165) is 0 Å². The molecule has 6 nitrogen and oxygen atoms in total. The van der Waals surface area contributed by atoms with Crippen molar-refractivity contribution >= 4 is 8.38 Å². The molecule has 0 aliphatic rings. The fourth-order valence-electron chi connectivity index (χ4n) is 1.04. The average Bonchev–Trinajstić information content (AvgIpc) is 2.46. The molecule has 0 amide bonds. The van der Waals surface area contributed by atoms with Crippen LogP contribution in [0.1, 0.15) is 6.92 Å². The van der Waals surface area contributed by atoms with Crippen molar-refractivity contribution in [2.75, 3.05) is 67.1 Å². The van der Waals surface area contributed by atoms with Crippen LogP contribution in [0.25, 0.3) is 0 Å². The summed E-state index contributed by atoms with van der Waals surface area (Å²) in [5.74, 6) is 2.80. The summed E-state index contributed by atoms with van der Waals surface area (Å²) in [7, 11) is 2.08. The van der Waals surface area contributed by atoms with Gasteiger partial charge in [-0.05, 0) is 12.6 Å². The van der Waals surface area contributed by atoms with Gasteiger partial charge in [-0.15, -0.1) is 0 Å². The Hall–Kier alpha value is -0.250. The maximum absolute atomic E-state index is 5.51. The SMILES string of the molecule is CC#CP(OCCOCCOC)OCCOCCOC. The Bertz CT molecular complexity index is 237. The lowest BCUT2D eigenvalue weighted by molar-refractivity contribution is 0.0464.